The van der Waals surface area contributed by atoms with Crippen LogP contribution in [0.15, 0.2) is 24.3 Å². The highest BCUT2D eigenvalue weighted by Gasteiger charge is 2.30. The zero-order chi connectivity index (χ0) is 17.4. The van der Waals surface area contributed by atoms with Crippen LogP contribution in [-0.4, -0.2) is 12.9 Å². The van der Waals surface area contributed by atoms with Gasteiger partial charge in [0.1, 0.15) is 5.75 Å². The summed E-state index contributed by atoms with van der Waals surface area (Å²) < 4.78 is 6.00. The van der Waals surface area contributed by atoms with E-state index in [1.165, 1.54) is 56.9 Å². The molecule has 2 aliphatic rings. The molecule has 0 spiro atoms. The monoisotopic (exact) mass is 348 g/mol. The van der Waals surface area contributed by atoms with E-state index in [1.807, 2.05) is 0 Å². The van der Waals surface area contributed by atoms with Crippen molar-refractivity contribution >= 4 is 12.6 Å². The third kappa shape index (κ3) is 6.02. The van der Waals surface area contributed by atoms with E-state index in [2.05, 4.69) is 50.7 Å². The van der Waals surface area contributed by atoms with Crippen LogP contribution >= 0.6 is 12.6 Å². The molecule has 0 bridgehead atoms. The summed E-state index contributed by atoms with van der Waals surface area (Å²) in [5, 5.41) is 0. The van der Waals surface area contributed by atoms with Crippen molar-refractivity contribution in [2.45, 2.75) is 65.2 Å². The summed E-state index contributed by atoms with van der Waals surface area (Å²) in [5.41, 5.74) is 1.30. The number of rotatable bonds is 4. The SMILES string of the molecule is CS.Cc1ccc(OCC2CCC(C3CCC(C)CC3)CC2)cc1. The molecule has 0 N–H and O–H groups in total. The second-order valence-electron chi connectivity index (χ2n) is 7.92. The summed E-state index contributed by atoms with van der Waals surface area (Å²) in [5.74, 6) is 4.85. The predicted octanol–water partition coefficient (Wildman–Crippen LogP) is 6.55. The van der Waals surface area contributed by atoms with E-state index in [9.17, 15) is 0 Å². The molecule has 24 heavy (non-hydrogen) atoms. The van der Waals surface area contributed by atoms with Crippen LogP contribution in [0.4, 0.5) is 0 Å². The van der Waals surface area contributed by atoms with Crippen LogP contribution in [0.25, 0.3) is 0 Å². The number of ether oxygens (including phenoxy) is 1. The van der Waals surface area contributed by atoms with Crippen molar-refractivity contribution in [3.05, 3.63) is 29.8 Å². The van der Waals surface area contributed by atoms with Gasteiger partial charge in [-0.1, -0.05) is 37.5 Å². The molecular formula is C22H36OS. The van der Waals surface area contributed by atoms with Gasteiger partial charge in [-0.2, -0.15) is 12.6 Å². The van der Waals surface area contributed by atoms with Gasteiger partial charge in [-0.05, 0) is 87.5 Å². The number of hydrogen-bond acceptors (Lipinski definition) is 2. The molecule has 1 aromatic carbocycles. The fourth-order valence-corrected chi connectivity index (χ4v) is 4.43. The molecule has 0 aromatic heterocycles. The van der Waals surface area contributed by atoms with Crippen LogP contribution in [0.5, 0.6) is 5.75 Å². The first kappa shape index (κ1) is 19.7. The minimum absolute atomic E-state index is 0.778. The summed E-state index contributed by atoms with van der Waals surface area (Å²) >= 11 is 3.53. The normalized spacial score (nSPS) is 30.2. The quantitative estimate of drug-likeness (QED) is 0.607. The molecule has 1 aromatic rings. The molecule has 2 fully saturated rings. The van der Waals surface area contributed by atoms with Gasteiger partial charge in [0.05, 0.1) is 6.61 Å². The Hall–Kier alpha value is -0.630. The number of benzene rings is 1. The van der Waals surface area contributed by atoms with E-state index in [1.54, 1.807) is 6.26 Å². The molecule has 2 saturated carbocycles. The molecule has 0 aliphatic heterocycles. The van der Waals surface area contributed by atoms with Gasteiger partial charge in [0.25, 0.3) is 0 Å². The summed E-state index contributed by atoms with van der Waals surface area (Å²) in [6, 6.07) is 8.47. The third-order valence-electron chi connectivity index (χ3n) is 6.13. The molecule has 0 saturated heterocycles. The van der Waals surface area contributed by atoms with Crippen LogP contribution in [0.2, 0.25) is 0 Å². The van der Waals surface area contributed by atoms with Gasteiger partial charge >= 0.3 is 0 Å². The Balaban J connectivity index is 0.00000100. The van der Waals surface area contributed by atoms with Gasteiger partial charge < -0.3 is 4.74 Å². The number of hydrogen-bond donors (Lipinski definition) is 1. The Kier molecular flexibility index (Phi) is 8.52. The molecule has 0 amide bonds. The first-order valence-corrected chi connectivity index (χ1v) is 10.7. The maximum atomic E-state index is 6.00. The first-order chi connectivity index (χ1) is 11.7. The van der Waals surface area contributed by atoms with Crippen LogP contribution < -0.4 is 4.74 Å². The fourth-order valence-electron chi connectivity index (χ4n) is 4.43. The zero-order valence-electron chi connectivity index (χ0n) is 15.8. The summed E-state index contributed by atoms with van der Waals surface area (Å²) in [6.45, 7) is 5.46. The lowest BCUT2D eigenvalue weighted by Crippen LogP contribution is -2.27. The summed E-state index contributed by atoms with van der Waals surface area (Å²) in [6.07, 6.45) is 13.3. The first-order valence-electron chi connectivity index (χ1n) is 9.85. The van der Waals surface area contributed by atoms with Crippen molar-refractivity contribution in [1.29, 1.82) is 0 Å². The smallest absolute Gasteiger partial charge is 0.119 e. The van der Waals surface area contributed by atoms with Crippen molar-refractivity contribution in [2.75, 3.05) is 12.9 Å². The van der Waals surface area contributed by atoms with Crippen molar-refractivity contribution in [3.63, 3.8) is 0 Å². The second kappa shape index (κ2) is 10.4. The van der Waals surface area contributed by atoms with Crippen molar-refractivity contribution in [1.82, 2.24) is 0 Å². The second-order valence-corrected chi connectivity index (χ2v) is 7.92. The molecule has 0 radical (unpaired) electrons. The highest BCUT2D eigenvalue weighted by atomic mass is 32.1. The van der Waals surface area contributed by atoms with Gasteiger partial charge in [0.15, 0.2) is 0 Å². The van der Waals surface area contributed by atoms with E-state index in [0.29, 0.717) is 0 Å². The zero-order valence-corrected chi connectivity index (χ0v) is 16.7. The molecule has 1 nitrogen and oxygen atoms in total. The Morgan fingerprint density at radius 3 is 1.88 bits per heavy atom. The van der Waals surface area contributed by atoms with Crippen molar-refractivity contribution in [2.24, 2.45) is 23.7 Å². The number of aryl methyl sites for hydroxylation is 1. The number of thiol groups is 1. The average molecular weight is 349 g/mol. The lowest BCUT2D eigenvalue weighted by molar-refractivity contribution is 0.126. The Morgan fingerprint density at radius 1 is 0.833 bits per heavy atom. The highest BCUT2D eigenvalue weighted by molar-refractivity contribution is 7.79. The Bertz CT molecular complexity index is 440. The van der Waals surface area contributed by atoms with Crippen molar-refractivity contribution < 1.29 is 4.74 Å². The van der Waals surface area contributed by atoms with E-state index in [4.69, 9.17) is 4.74 Å². The fraction of sp³-hybridized carbons (Fsp3) is 0.727. The molecule has 2 heteroatoms. The van der Waals surface area contributed by atoms with Crippen LogP contribution in [-0.2, 0) is 0 Å². The molecule has 136 valence electrons. The topological polar surface area (TPSA) is 9.23 Å². The van der Waals surface area contributed by atoms with Gasteiger partial charge in [0.2, 0.25) is 0 Å². The Labute approximate surface area is 155 Å². The summed E-state index contributed by atoms with van der Waals surface area (Å²) in [7, 11) is 0. The van der Waals surface area contributed by atoms with Gasteiger partial charge in [0, 0.05) is 0 Å². The van der Waals surface area contributed by atoms with Crippen LogP contribution in [0.1, 0.15) is 63.9 Å². The van der Waals surface area contributed by atoms with Gasteiger partial charge in [-0.3, -0.25) is 0 Å². The van der Waals surface area contributed by atoms with E-state index in [-0.39, 0.29) is 0 Å². The largest absolute Gasteiger partial charge is 0.493 e. The molecule has 0 heterocycles. The predicted molar refractivity (Wildman–Crippen MR) is 108 cm³/mol. The third-order valence-corrected chi connectivity index (χ3v) is 6.13. The highest BCUT2D eigenvalue weighted by Crippen LogP contribution is 2.41. The van der Waals surface area contributed by atoms with Crippen molar-refractivity contribution in [3.8, 4) is 5.75 Å². The minimum atomic E-state index is 0.778. The molecule has 0 unspecified atom stereocenters. The Morgan fingerprint density at radius 2 is 1.33 bits per heavy atom. The van der Waals surface area contributed by atoms with E-state index >= 15 is 0 Å². The lowest BCUT2D eigenvalue weighted by atomic mass is 9.69. The van der Waals surface area contributed by atoms with E-state index < -0.39 is 0 Å². The molecule has 2 aliphatic carbocycles. The lowest BCUT2D eigenvalue weighted by Gasteiger charge is -2.37. The van der Waals surface area contributed by atoms with E-state index in [0.717, 1.165) is 36.0 Å². The maximum Gasteiger partial charge on any atom is 0.119 e. The molecule has 3 rings (SSSR count). The van der Waals surface area contributed by atoms with Gasteiger partial charge in [-0.25, -0.2) is 0 Å². The molecule has 0 atom stereocenters. The maximum absolute atomic E-state index is 6.00. The van der Waals surface area contributed by atoms with Crippen LogP contribution in [0, 0.1) is 30.6 Å². The van der Waals surface area contributed by atoms with Crippen LogP contribution in [0.3, 0.4) is 0 Å². The standard InChI is InChI=1S/C21H32O.CH4S/c1-16-3-9-19(10-4-16)20-11-7-18(8-12-20)15-22-21-13-5-17(2)6-14-21;1-2/h5-6,13-14,16,18-20H,3-4,7-12,15H2,1-2H3;2H,1H3. The average Bonchev–Trinajstić information content (AvgIpc) is 2.64. The molecular weight excluding hydrogens is 312 g/mol. The van der Waals surface area contributed by atoms with Gasteiger partial charge in [-0.15, -0.1) is 0 Å². The summed E-state index contributed by atoms with van der Waals surface area (Å²) in [4.78, 5) is 0. The minimum Gasteiger partial charge on any atom is -0.493 e.